The summed E-state index contributed by atoms with van der Waals surface area (Å²) in [5, 5.41) is 13.4. The molecule has 1 unspecified atom stereocenters. The molecule has 2 N–H and O–H groups in total. The summed E-state index contributed by atoms with van der Waals surface area (Å²) in [7, 11) is 0. The first-order valence-electron chi connectivity index (χ1n) is 6.98. The summed E-state index contributed by atoms with van der Waals surface area (Å²) in [4.78, 5) is 11.8. The van der Waals surface area contributed by atoms with E-state index < -0.39 is 12.2 Å². The average molecular weight is 320 g/mol. The van der Waals surface area contributed by atoms with Crippen molar-refractivity contribution in [3.8, 4) is 5.75 Å². The van der Waals surface area contributed by atoms with E-state index in [1.807, 2.05) is 32.0 Å². The fourth-order valence-electron chi connectivity index (χ4n) is 2.02. The number of para-hydroxylation sites is 1. The van der Waals surface area contributed by atoms with Crippen LogP contribution in [0.15, 0.2) is 48.5 Å². The van der Waals surface area contributed by atoms with Crippen LogP contribution in [0.25, 0.3) is 0 Å². The standard InChI is InChI=1S/C17H18ClNO3/c1-11(2)19-17(21)22-16-13(9-6-10-14(16)18)15(20)12-7-4-3-5-8-12/h3-11,15,20H,1-2H3,(H,19,21). The maximum Gasteiger partial charge on any atom is 0.412 e. The second-order valence-corrected chi connectivity index (χ2v) is 5.57. The summed E-state index contributed by atoms with van der Waals surface area (Å²) in [6, 6.07) is 14.1. The van der Waals surface area contributed by atoms with E-state index in [0.29, 0.717) is 11.1 Å². The van der Waals surface area contributed by atoms with Gasteiger partial charge in [-0.15, -0.1) is 0 Å². The molecule has 0 aliphatic carbocycles. The van der Waals surface area contributed by atoms with Crippen LogP contribution < -0.4 is 10.1 Å². The van der Waals surface area contributed by atoms with Crippen LogP contribution in [0.5, 0.6) is 5.75 Å². The number of aliphatic hydroxyl groups is 1. The van der Waals surface area contributed by atoms with E-state index in [1.54, 1.807) is 30.3 Å². The molecular weight excluding hydrogens is 302 g/mol. The molecule has 116 valence electrons. The first kappa shape index (κ1) is 16.3. The van der Waals surface area contributed by atoms with Crippen LogP contribution in [0.1, 0.15) is 31.1 Å². The summed E-state index contributed by atoms with van der Waals surface area (Å²) in [5.74, 6) is 0.165. The van der Waals surface area contributed by atoms with E-state index in [1.165, 1.54) is 0 Å². The number of carbonyl (C=O) groups excluding carboxylic acids is 1. The lowest BCUT2D eigenvalue weighted by atomic mass is 10.0. The van der Waals surface area contributed by atoms with Crippen molar-refractivity contribution in [1.29, 1.82) is 0 Å². The highest BCUT2D eigenvalue weighted by Gasteiger charge is 2.20. The smallest absolute Gasteiger partial charge is 0.408 e. The highest BCUT2D eigenvalue weighted by atomic mass is 35.5. The normalized spacial score (nSPS) is 12.0. The van der Waals surface area contributed by atoms with Gasteiger partial charge in [0.25, 0.3) is 0 Å². The van der Waals surface area contributed by atoms with E-state index in [9.17, 15) is 9.90 Å². The van der Waals surface area contributed by atoms with Crippen LogP contribution >= 0.6 is 11.6 Å². The fraction of sp³-hybridized carbons (Fsp3) is 0.235. The minimum atomic E-state index is -0.929. The summed E-state index contributed by atoms with van der Waals surface area (Å²) in [6.07, 6.45) is -1.54. The molecule has 2 aromatic carbocycles. The molecule has 0 aliphatic heterocycles. The molecule has 0 aliphatic rings. The number of halogens is 1. The number of amides is 1. The zero-order chi connectivity index (χ0) is 16.1. The van der Waals surface area contributed by atoms with Crippen molar-refractivity contribution in [1.82, 2.24) is 5.32 Å². The van der Waals surface area contributed by atoms with Crippen LogP contribution in [0.2, 0.25) is 5.02 Å². The second-order valence-electron chi connectivity index (χ2n) is 5.16. The van der Waals surface area contributed by atoms with Gasteiger partial charge in [-0.2, -0.15) is 0 Å². The minimum absolute atomic E-state index is 0.0579. The van der Waals surface area contributed by atoms with Gasteiger partial charge in [0.1, 0.15) is 6.10 Å². The van der Waals surface area contributed by atoms with Crippen molar-refractivity contribution in [2.24, 2.45) is 0 Å². The molecule has 5 heteroatoms. The Kier molecular flexibility index (Phi) is 5.41. The molecule has 2 aromatic rings. The van der Waals surface area contributed by atoms with Gasteiger partial charge in [-0.05, 0) is 25.5 Å². The van der Waals surface area contributed by atoms with Crippen molar-refractivity contribution in [2.45, 2.75) is 26.0 Å². The Morgan fingerprint density at radius 2 is 1.82 bits per heavy atom. The van der Waals surface area contributed by atoms with E-state index in [-0.39, 0.29) is 16.8 Å². The van der Waals surface area contributed by atoms with Gasteiger partial charge in [-0.3, -0.25) is 0 Å². The third-order valence-electron chi connectivity index (χ3n) is 3.01. The Bertz CT molecular complexity index is 644. The zero-order valence-corrected chi connectivity index (χ0v) is 13.2. The Hall–Kier alpha value is -2.04. The molecule has 1 atom stereocenters. The second kappa shape index (κ2) is 7.29. The first-order chi connectivity index (χ1) is 10.5. The van der Waals surface area contributed by atoms with Crippen molar-refractivity contribution in [2.75, 3.05) is 0 Å². The number of carbonyl (C=O) groups is 1. The number of aliphatic hydroxyl groups excluding tert-OH is 1. The summed E-state index contributed by atoms with van der Waals surface area (Å²) >= 11 is 6.13. The third kappa shape index (κ3) is 4.00. The predicted molar refractivity (Wildman–Crippen MR) is 86.3 cm³/mol. The Morgan fingerprint density at radius 3 is 2.45 bits per heavy atom. The SMILES string of the molecule is CC(C)NC(=O)Oc1c(Cl)cccc1C(O)c1ccccc1. The number of nitrogens with one attached hydrogen (secondary N) is 1. The first-order valence-corrected chi connectivity index (χ1v) is 7.36. The largest absolute Gasteiger partial charge is 0.412 e. The van der Waals surface area contributed by atoms with Gasteiger partial charge in [-0.1, -0.05) is 54.1 Å². The molecule has 2 rings (SSSR count). The van der Waals surface area contributed by atoms with E-state index in [0.717, 1.165) is 0 Å². The number of benzene rings is 2. The van der Waals surface area contributed by atoms with Gasteiger partial charge in [-0.25, -0.2) is 4.79 Å². The lowest BCUT2D eigenvalue weighted by Crippen LogP contribution is -2.33. The molecule has 22 heavy (non-hydrogen) atoms. The quantitative estimate of drug-likeness (QED) is 0.898. The average Bonchev–Trinajstić information content (AvgIpc) is 2.49. The molecule has 0 saturated carbocycles. The fourth-order valence-corrected chi connectivity index (χ4v) is 2.24. The van der Waals surface area contributed by atoms with Crippen LogP contribution in [0.3, 0.4) is 0 Å². The predicted octanol–water partition coefficient (Wildman–Crippen LogP) is 3.92. The highest BCUT2D eigenvalue weighted by molar-refractivity contribution is 6.32. The van der Waals surface area contributed by atoms with Crippen molar-refractivity contribution in [3.05, 3.63) is 64.7 Å². The van der Waals surface area contributed by atoms with Crippen molar-refractivity contribution in [3.63, 3.8) is 0 Å². The molecule has 1 amide bonds. The molecule has 0 fully saturated rings. The van der Waals surface area contributed by atoms with Gasteiger partial charge in [0.05, 0.1) is 5.02 Å². The van der Waals surface area contributed by atoms with E-state index in [4.69, 9.17) is 16.3 Å². The molecule has 0 heterocycles. The lowest BCUT2D eigenvalue weighted by Gasteiger charge is -2.17. The zero-order valence-electron chi connectivity index (χ0n) is 12.4. The summed E-state index contributed by atoms with van der Waals surface area (Å²) in [5.41, 5.74) is 1.14. The van der Waals surface area contributed by atoms with Crippen molar-refractivity contribution < 1.29 is 14.6 Å². The molecule has 0 aromatic heterocycles. The Morgan fingerprint density at radius 1 is 1.14 bits per heavy atom. The van der Waals surface area contributed by atoms with Gasteiger partial charge in [0.2, 0.25) is 0 Å². The topological polar surface area (TPSA) is 58.6 Å². The molecule has 0 spiro atoms. The molecular formula is C17H18ClNO3. The highest BCUT2D eigenvalue weighted by Crippen LogP contribution is 2.35. The van der Waals surface area contributed by atoms with Gasteiger partial charge >= 0.3 is 6.09 Å². The minimum Gasteiger partial charge on any atom is -0.408 e. The number of hydrogen-bond donors (Lipinski definition) is 2. The maximum absolute atomic E-state index is 11.8. The Labute approximate surface area is 134 Å². The van der Waals surface area contributed by atoms with E-state index >= 15 is 0 Å². The summed E-state index contributed by atoms with van der Waals surface area (Å²) in [6.45, 7) is 3.65. The van der Waals surface area contributed by atoms with Crippen LogP contribution in [0.4, 0.5) is 4.79 Å². The van der Waals surface area contributed by atoms with Gasteiger partial charge < -0.3 is 15.2 Å². The van der Waals surface area contributed by atoms with Gasteiger partial charge in [0, 0.05) is 11.6 Å². The molecule has 0 bridgehead atoms. The monoisotopic (exact) mass is 319 g/mol. The molecule has 4 nitrogen and oxygen atoms in total. The lowest BCUT2D eigenvalue weighted by molar-refractivity contribution is 0.191. The third-order valence-corrected chi connectivity index (χ3v) is 3.31. The number of hydrogen-bond acceptors (Lipinski definition) is 3. The molecule has 0 saturated heterocycles. The molecule has 0 radical (unpaired) electrons. The van der Waals surface area contributed by atoms with Crippen LogP contribution in [0, 0.1) is 0 Å². The maximum atomic E-state index is 11.8. The van der Waals surface area contributed by atoms with Gasteiger partial charge in [0.15, 0.2) is 5.75 Å². The van der Waals surface area contributed by atoms with Crippen LogP contribution in [-0.4, -0.2) is 17.2 Å². The van der Waals surface area contributed by atoms with Crippen LogP contribution in [-0.2, 0) is 0 Å². The number of rotatable bonds is 4. The summed E-state index contributed by atoms with van der Waals surface area (Å²) < 4.78 is 5.29. The van der Waals surface area contributed by atoms with E-state index in [2.05, 4.69) is 5.32 Å². The van der Waals surface area contributed by atoms with Crippen molar-refractivity contribution >= 4 is 17.7 Å². The Balaban J connectivity index is 2.32. The number of ether oxygens (including phenoxy) is 1.